The number of nitrogens with zero attached hydrogens (tertiary/aromatic N) is 1. The van der Waals surface area contributed by atoms with Crippen molar-refractivity contribution in [3.63, 3.8) is 0 Å². The van der Waals surface area contributed by atoms with E-state index in [9.17, 15) is 9.59 Å². The van der Waals surface area contributed by atoms with Crippen molar-refractivity contribution < 1.29 is 9.59 Å². The Bertz CT molecular complexity index is 1430. The second-order valence-corrected chi connectivity index (χ2v) is 9.66. The maximum atomic E-state index is 12.7. The van der Waals surface area contributed by atoms with Gasteiger partial charge in [-0.05, 0) is 60.2 Å². The monoisotopic (exact) mass is 511 g/mol. The lowest BCUT2D eigenvalue weighted by molar-refractivity contribution is 0.0978. The maximum Gasteiger partial charge on any atom is 0.269 e. The fourth-order valence-corrected chi connectivity index (χ4v) is 5.59. The summed E-state index contributed by atoms with van der Waals surface area (Å²) in [5.41, 5.74) is 3.20. The van der Waals surface area contributed by atoms with Crippen LogP contribution < -0.4 is 15.5 Å². The molecule has 5 rings (SSSR count). The minimum atomic E-state index is -0.396. The Kier molecular flexibility index (Phi) is 5.80. The van der Waals surface area contributed by atoms with Crippen LogP contribution in [0, 0.1) is 0 Å². The first-order chi connectivity index (χ1) is 15.9. The first-order valence-electron chi connectivity index (χ1n) is 9.90. The van der Waals surface area contributed by atoms with Crippen LogP contribution in [-0.2, 0) is 6.54 Å². The molecule has 1 aliphatic rings. The van der Waals surface area contributed by atoms with E-state index in [1.165, 1.54) is 11.3 Å². The van der Waals surface area contributed by atoms with Crippen LogP contribution in [0.5, 0.6) is 0 Å². The highest BCUT2D eigenvalue weighted by atomic mass is 35.5. The molecule has 164 valence electrons. The third kappa shape index (κ3) is 4.20. The van der Waals surface area contributed by atoms with E-state index in [0.29, 0.717) is 27.2 Å². The van der Waals surface area contributed by atoms with Crippen LogP contribution in [0.15, 0.2) is 66.7 Å². The second kappa shape index (κ2) is 8.76. The molecule has 0 saturated heterocycles. The van der Waals surface area contributed by atoms with Crippen molar-refractivity contribution in [2.75, 3.05) is 10.2 Å². The minimum absolute atomic E-state index is 0.0180. The molecule has 0 spiro atoms. The van der Waals surface area contributed by atoms with E-state index in [1.54, 1.807) is 35.2 Å². The van der Waals surface area contributed by atoms with Gasteiger partial charge in [-0.25, -0.2) is 0 Å². The summed E-state index contributed by atoms with van der Waals surface area (Å²) in [5.74, 6) is -0.414. The molecule has 33 heavy (non-hydrogen) atoms. The molecular formula is C24H15Cl2N3O2S2. The lowest BCUT2D eigenvalue weighted by Crippen LogP contribution is -2.33. The van der Waals surface area contributed by atoms with Crippen molar-refractivity contribution in [1.82, 2.24) is 5.32 Å². The average Bonchev–Trinajstić information content (AvgIpc) is 3.31. The number of fused-ring (bicyclic) bond motifs is 2. The van der Waals surface area contributed by atoms with Gasteiger partial charge in [0.2, 0.25) is 0 Å². The fraction of sp³-hybridized carbons (Fsp3) is 0.0417. The SMILES string of the molecule is O=C(NC(=S)Nc1ccc(N2Cc3ccccc3C2=O)cc1)c1sc2cc(Cl)ccc2c1Cl. The zero-order valence-electron chi connectivity index (χ0n) is 16.9. The van der Waals surface area contributed by atoms with Crippen LogP contribution in [0.25, 0.3) is 10.1 Å². The number of thiophene rings is 1. The van der Waals surface area contributed by atoms with E-state index in [4.69, 9.17) is 35.4 Å². The summed E-state index contributed by atoms with van der Waals surface area (Å²) in [4.78, 5) is 27.4. The quantitative estimate of drug-likeness (QED) is 0.308. The van der Waals surface area contributed by atoms with E-state index < -0.39 is 5.91 Å². The topological polar surface area (TPSA) is 61.4 Å². The number of thiocarbonyl (C=S) groups is 1. The number of hydrogen-bond acceptors (Lipinski definition) is 4. The number of halogens is 2. The van der Waals surface area contributed by atoms with Gasteiger partial charge in [0, 0.05) is 32.0 Å². The highest BCUT2D eigenvalue weighted by molar-refractivity contribution is 7.80. The molecule has 0 saturated carbocycles. The van der Waals surface area contributed by atoms with Crippen molar-refractivity contribution in [3.05, 3.63) is 92.8 Å². The van der Waals surface area contributed by atoms with Crippen LogP contribution in [-0.4, -0.2) is 16.9 Å². The summed E-state index contributed by atoms with van der Waals surface area (Å²) >= 11 is 19.0. The molecule has 0 aliphatic carbocycles. The van der Waals surface area contributed by atoms with Gasteiger partial charge in [-0.15, -0.1) is 11.3 Å². The Morgan fingerprint density at radius 2 is 1.79 bits per heavy atom. The van der Waals surface area contributed by atoms with Crippen molar-refractivity contribution in [1.29, 1.82) is 0 Å². The van der Waals surface area contributed by atoms with Crippen LogP contribution in [0.2, 0.25) is 10.0 Å². The normalized spacial score (nSPS) is 12.7. The third-order valence-corrected chi connectivity index (χ3v) is 7.38. The van der Waals surface area contributed by atoms with Crippen molar-refractivity contribution in [2.24, 2.45) is 0 Å². The van der Waals surface area contributed by atoms with E-state index in [-0.39, 0.29) is 11.0 Å². The molecule has 5 nitrogen and oxygen atoms in total. The molecule has 0 radical (unpaired) electrons. The molecule has 9 heteroatoms. The highest BCUT2D eigenvalue weighted by Gasteiger charge is 2.27. The highest BCUT2D eigenvalue weighted by Crippen LogP contribution is 2.36. The Labute approximate surface area is 208 Å². The van der Waals surface area contributed by atoms with Crippen molar-refractivity contribution in [3.8, 4) is 0 Å². The maximum absolute atomic E-state index is 12.7. The van der Waals surface area contributed by atoms with Crippen molar-refractivity contribution >= 4 is 85.1 Å². The Morgan fingerprint density at radius 3 is 2.55 bits per heavy atom. The van der Waals surface area contributed by atoms with Crippen LogP contribution in [0.1, 0.15) is 25.6 Å². The zero-order valence-corrected chi connectivity index (χ0v) is 20.0. The van der Waals surface area contributed by atoms with Gasteiger partial charge in [-0.2, -0.15) is 0 Å². The molecule has 0 atom stereocenters. The summed E-state index contributed by atoms with van der Waals surface area (Å²) in [6.45, 7) is 0.539. The summed E-state index contributed by atoms with van der Waals surface area (Å²) in [6.07, 6.45) is 0. The van der Waals surface area contributed by atoms with Gasteiger partial charge < -0.3 is 10.2 Å². The number of anilines is 2. The molecule has 2 heterocycles. The number of benzene rings is 3. The fourth-order valence-electron chi connectivity index (χ4n) is 3.69. The number of nitrogens with one attached hydrogen (secondary N) is 2. The number of carbonyl (C=O) groups is 2. The van der Waals surface area contributed by atoms with E-state index in [1.807, 2.05) is 36.4 Å². The van der Waals surface area contributed by atoms with Crippen molar-refractivity contribution in [2.45, 2.75) is 6.54 Å². The Morgan fingerprint density at radius 1 is 1.03 bits per heavy atom. The lowest BCUT2D eigenvalue weighted by Gasteiger charge is -2.16. The molecule has 0 unspecified atom stereocenters. The number of carbonyl (C=O) groups excluding carboxylic acids is 2. The molecule has 1 aromatic heterocycles. The summed E-state index contributed by atoms with van der Waals surface area (Å²) in [7, 11) is 0. The Hall–Kier alpha value is -2.97. The smallest absolute Gasteiger partial charge is 0.269 e. The molecule has 2 amide bonds. The predicted octanol–water partition coefficient (Wildman–Crippen LogP) is 6.50. The molecule has 1 aliphatic heterocycles. The molecule has 0 bridgehead atoms. The largest absolute Gasteiger partial charge is 0.332 e. The Balaban J connectivity index is 1.25. The van der Waals surface area contributed by atoms with E-state index in [0.717, 1.165) is 26.9 Å². The van der Waals surface area contributed by atoms with Gasteiger partial charge in [-0.3, -0.25) is 14.9 Å². The lowest BCUT2D eigenvalue weighted by atomic mass is 10.1. The summed E-state index contributed by atoms with van der Waals surface area (Å²) < 4.78 is 0.825. The molecule has 0 fully saturated rings. The molecule has 2 N–H and O–H groups in total. The number of rotatable bonds is 3. The van der Waals surface area contributed by atoms with Gasteiger partial charge in [0.15, 0.2) is 5.11 Å². The standard InChI is InChI=1S/C24H15Cl2N3O2S2/c25-14-5-10-18-19(11-14)33-21(20(18)26)22(30)28-24(32)27-15-6-8-16(9-7-15)29-12-13-3-1-2-4-17(13)23(29)31/h1-11H,12H2,(H2,27,28,30,32). The number of hydrogen-bond donors (Lipinski definition) is 2. The van der Waals surface area contributed by atoms with Crippen LogP contribution >= 0.6 is 46.8 Å². The first kappa shape index (κ1) is 21.9. The van der Waals surface area contributed by atoms with Gasteiger partial charge in [0.25, 0.3) is 11.8 Å². The first-order valence-corrected chi connectivity index (χ1v) is 11.9. The van der Waals surface area contributed by atoms with Crippen LogP contribution in [0.4, 0.5) is 11.4 Å². The van der Waals surface area contributed by atoms with E-state index >= 15 is 0 Å². The van der Waals surface area contributed by atoms with Gasteiger partial charge in [0.1, 0.15) is 4.88 Å². The van der Waals surface area contributed by atoms with E-state index in [2.05, 4.69) is 10.6 Å². The third-order valence-electron chi connectivity index (χ3n) is 5.28. The number of amides is 2. The summed E-state index contributed by atoms with van der Waals surface area (Å²) in [5, 5.41) is 7.50. The van der Waals surface area contributed by atoms with Gasteiger partial charge >= 0.3 is 0 Å². The predicted molar refractivity (Wildman–Crippen MR) is 139 cm³/mol. The zero-order chi connectivity index (χ0) is 23.1. The second-order valence-electron chi connectivity index (χ2n) is 7.39. The molecular weight excluding hydrogens is 497 g/mol. The minimum Gasteiger partial charge on any atom is -0.332 e. The molecule has 4 aromatic rings. The summed E-state index contributed by atoms with van der Waals surface area (Å²) in [6, 6.07) is 20.2. The van der Waals surface area contributed by atoms with Gasteiger partial charge in [0.05, 0.1) is 11.6 Å². The molecule has 3 aromatic carbocycles. The average molecular weight is 512 g/mol. The van der Waals surface area contributed by atoms with Crippen LogP contribution in [0.3, 0.4) is 0 Å². The van der Waals surface area contributed by atoms with Gasteiger partial charge in [-0.1, -0.05) is 47.5 Å².